The molecule has 0 aliphatic rings. The van der Waals surface area contributed by atoms with Crippen LogP contribution in [0.25, 0.3) is 0 Å². The van der Waals surface area contributed by atoms with Crippen LogP contribution >= 0.6 is 0 Å². The Balaban J connectivity index is 2.89. The fourth-order valence-corrected chi connectivity index (χ4v) is 1.20. The molecule has 1 rings (SSSR count). The van der Waals surface area contributed by atoms with Gasteiger partial charge in [-0.1, -0.05) is 0 Å². The molecule has 0 aliphatic carbocycles. The van der Waals surface area contributed by atoms with E-state index >= 15 is 0 Å². The van der Waals surface area contributed by atoms with E-state index in [0.717, 1.165) is 0 Å². The van der Waals surface area contributed by atoms with Gasteiger partial charge in [0.25, 0.3) is 0 Å². The molecule has 0 saturated carbocycles. The van der Waals surface area contributed by atoms with Gasteiger partial charge in [0.2, 0.25) is 5.88 Å². The number of alkyl halides is 3. The molecule has 0 atom stereocenters. The lowest BCUT2D eigenvalue weighted by Crippen LogP contribution is -2.16. The van der Waals surface area contributed by atoms with Crippen LogP contribution in [0.15, 0.2) is 0 Å². The Labute approximate surface area is 101 Å². The lowest BCUT2D eigenvalue weighted by molar-refractivity contribution is -0.139. The molecule has 0 saturated heterocycles. The van der Waals surface area contributed by atoms with Crippen LogP contribution in [0.2, 0.25) is 0 Å². The van der Waals surface area contributed by atoms with Crippen molar-refractivity contribution < 1.29 is 27.8 Å². The van der Waals surface area contributed by atoms with Crippen molar-refractivity contribution in [1.82, 2.24) is 10.2 Å². The zero-order valence-electron chi connectivity index (χ0n) is 9.71. The number of aromatic carboxylic acids is 1. The Morgan fingerprint density at radius 2 is 1.94 bits per heavy atom. The monoisotopic (exact) mass is 264 g/mol. The number of aromatic nitrogens is 2. The van der Waals surface area contributed by atoms with Gasteiger partial charge in [0.1, 0.15) is 5.56 Å². The first-order valence-corrected chi connectivity index (χ1v) is 4.99. The van der Waals surface area contributed by atoms with Gasteiger partial charge in [-0.2, -0.15) is 18.3 Å². The van der Waals surface area contributed by atoms with Gasteiger partial charge in [-0.05, 0) is 19.4 Å². The maximum Gasteiger partial charge on any atom is 0.392 e. The maximum absolute atomic E-state index is 11.9. The third-order valence-electron chi connectivity index (χ3n) is 2.26. The van der Waals surface area contributed by atoms with Crippen LogP contribution in [0, 0.1) is 13.8 Å². The Morgan fingerprint density at radius 1 is 1.33 bits per heavy atom. The van der Waals surface area contributed by atoms with E-state index in [1.54, 1.807) is 6.92 Å². The van der Waals surface area contributed by atoms with Gasteiger partial charge in [0, 0.05) is 0 Å². The second-order valence-electron chi connectivity index (χ2n) is 3.61. The average molecular weight is 264 g/mol. The Morgan fingerprint density at radius 3 is 2.44 bits per heavy atom. The molecule has 8 heteroatoms. The van der Waals surface area contributed by atoms with E-state index in [0.29, 0.717) is 11.3 Å². The van der Waals surface area contributed by atoms with Gasteiger partial charge in [-0.25, -0.2) is 4.79 Å². The first-order chi connectivity index (χ1) is 8.22. The first-order valence-electron chi connectivity index (χ1n) is 4.99. The van der Waals surface area contributed by atoms with Gasteiger partial charge in [-0.15, -0.1) is 5.10 Å². The smallest absolute Gasteiger partial charge is 0.392 e. The summed E-state index contributed by atoms with van der Waals surface area (Å²) in [7, 11) is 0. The van der Waals surface area contributed by atoms with Crippen LogP contribution in [-0.2, 0) is 0 Å². The van der Waals surface area contributed by atoms with Crippen molar-refractivity contribution in [2.45, 2.75) is 26.4 Å². The molecule has 1 aromatic rings. The summed E-state index contributed by atoms with van der Waals surface area (Å²) in [4.78, 5) is 11.0. The van der Waals surface area contributed by atoms with Crippen molar-refractivity contribution >= 4 is 5.97 Å². The maximum atomic E-state index is 11.9. The van der Waals surface area contributed by atoms with Gasteiger partial charge < -0.3 is 9.84 Å². The predicted octanol–water partition coefficient (Wildman–Crippen LogP) is 2.12. The normalized spacial score (nSPS) is 11.4. The third-order valence-corrected chi connectivity index (χ3v) is 2.26. The van der Waals surface area contributed by atoms with Crippen LogP contribution in [0.4, 0.5) is 13.2 Å². The molecular formula is C10H11F3N2O3. The minimum atomic E-state index is -4.36. The highest BCUT2D eigenvalue weighted by Crippen LogP contribution is 2.23. The number of carboxylic acid groups (broad SMARTS) is 1. The molecule has 1 N–H and O–H groups in total. The molecule has 0 spiro atoms. The second-order valence-corrected chi connectivity index (χ2v) is 3.61. The molecule has 0 bridgehead atoms. The molecule has 0 radical (unpaired) electrons. The number of carboxylic acids is 1. The van der Waals surface area contributed by atoms with Crippen molar-refractivity contribution in [3.05, 3.63) is 16.8 Å². The van der Waals surface area contributed by atoms with E-state index in [1.165, 1.54) is 6.92 Å². The Hall–Kier alpha value is -1.86. The van der Waals surface area contributed by atoms with Crippen LogP contribution in [0.1, 0.15) is 28.0 Å². The summed E-state index contributed by atoms with van der Waals surface area (Å²) in [6, 6.07) is 0. The van der Waals surface area contributed by atoms with Crippen molar-refractivity contribution in [3.63, 3.8) is 0 Å². The van der Waals surface area contributed by atoms with Crippen LogP contribution in [0.5, 0.6) is 5.88 Å². The Bertz CT molecular complexity index is 460. The van der Waals surface area contributed by atoms with E-state index in [4.69, 9.17) is 9.84 Å². The molecule has 18 heavy (non-hydrogen) atoms. The van der Waals surface area contributed by atoms with Crippen LogP contribution < -0.4 is 4.74 Å². The molecule has 0 aromatic carbocycles. The number of halogens is 3. The number of hydrogen-bond donors (Lipinski definition) is 1. The molecule has 0 amide bonds. The fourth-order valence-electron chi connectivity index (χ4n) is 1.20. The lowest BCUT2D eigenvalue weighted by atomic mass is 10.1. The molecule has 0 unspecified atom stereocenters. The van der Waals surface area contributed by atoms with Gasteiger partial charge in [-0.3, -0.25) is 0 Å². The van der Waals surface area contributed by atoms with Crippen molar-refractivity contribution in [3.8, 4) is 5.88 Å². The molecule has 100 valence electrons. The van der Waals surface area contributed by atoms with E-state index < -0.39 is 31.1 Å². The number of carbonyl (C=O) groups is 1. The average Bonchev–Trinajstić information content (AvgIpc) is 2.21. The molecule has 0 aliphatic heterocycles. The minimum Gasteiger partial charge on any atom is -0.477 e. The second kappa shape index (κ2) is 5.19. The SMILES string of the molecule is Cc1nnc(OCCC(F)(F)F)c(C(=O)O)c1C. The Kier molecular flexibility index (Phi) is 4.10. The van der Waals surface area contributed by atoms with E-state index in [-0.39, 0.29) is 5.56 Å². The summed E-state index contributed by atoms with van der Waals surface area (Å²) in [5, 5.41) is 16.0. The summed E-state index contributed by atoms with van der Waals surface area (Å²) in [5.41, 5.74) is 0.444. The van der Waals surface area contributed by atoms with Crippen LogP contribution in [-0.4, -0.2) is 34.1 Å². The topological polar surface area (TPSA) is 72.3 Å². The summed E-state index contributed by atoms with van der Waals surface area (Å²) in [6.07, 6.45) is -5.54. The zero-order chi connectivity index (χ0) is 13.9. The van der Waals surface area contributed by atoms with Crippen molar-refractivity contribution in [1.29, 1.82) is 0 Å². The zero-order valence-corrected chi connectivity index (χ0v) is 9.71. The minimum absolute atomic E-state index is 0.260. The summed E-state index contributed by atoms with van der Waals surface area (Å²) in [6.45, 7) is 2.35. The third kappa shape index (κ3) is 3.57. The summed E-state index contributed by atoms with van der Waals surface area (Å²) in [5.74, 6) is -1.71. The quantitative estimate of drug-likeness (QED) is 0.901. The molecule has 1 aromatic heterocycles. The number of ether oxygens (including phenoxy) is 1. The number of rotatable bonds is 4. The molecule has 0 fully saturated rings. The van der Waals surface area contributed by atoms with E-state index in [1.807, 2.05) is 0 Å². The van der Waals surface area contributed by atoms with Crippen LogP contribution in [0.3, 0.4) is 0 Å². The van der Waals surface area contributed by atoms with Gasteiger partial charge in [0.15, 0.2) is 0 Å². The predicted molar refractivity (Wildman–Crippen MR) is 54.6 cm³/mol. The lowest BCUT2D eigenvalue weighted by Gasteiger charge is -2.11. The highest BCUT2D eigenvalue weighted by molar-refractivity contribution is 5.91. The molecular weight excluding hydrogens is 253 g/mol. The van der Waals surface area contributed by atoms with Gasteiger partial charge >= 0.3 is 12.1 Å². The first kappa shape index (κ1) is 14.2. The van der Waals surface area contributed by atoms with E-state index in [9.17, 15) is 18.0 Å². The molecule has 1 heterocycles. The number of aryl methyl sites for hydroxylation is 1. The number of nitrogens with zero attached hydrogens (tertiary/aromatic N) is 2. The summed E-state index contributed by atoms with van der Waals surface area (Å²) >= 11 is 0. The van der Waals surface area contributed by atoms with Crippen molar-refractivity contribution in [2.24, 2.45) is 0 Å². The summed E-state index contributed by atoms with van der Waals surface area (Å²) < 4.78 is 40.5. The standard InChI is InChI=1S/C10H11F3N2O3/c1-5-6(2)14-15-8(7(5)9(16)17)18-4-3-10(11,12)13/h3-4H2,1-2H3,(H,16,17). The highest BCUT2D eigenvalue weighted by Gasteiger charge is 2.28. The number of hydrogen-bond acceptors (Lipinski definition) is 4. The largest absolute Gasteiger partial charge is 0.477 e. The van der Waals surface area contributed by atoms with Gasteiger partial charge in [0.05, 0.1) is 18.7 Å². The highest BCUT2D eigenvalue weighted by atomic mass is 19.4. The van der Waals surface area contributed by atoms with E-state index in [2.05, 4.69) is 10.2 Å². The molecule has 5 nitrogen and oxygen atoms in total. The van der Waals surface area contributed by atoms with Crippen molar-refractivity contribution in [2.75, 3.05) is 6.61 Å². The fraction of sp³-hybridized carbons (Fsp3) is 0.500.